The van der Waals surface area contributed by atoms with Gasteiger partial charge in [-0.3, -0.25) is 4.79 Å². The summed E-state index contributed by atoms with van der Waals surface area (Å²) in [6, 6.07) is 9.54. The average Bonchev–Trinajstić information content (AvgIpc) is 2.47. The maximum atomic E-state index is 12.6. The molecule has 122 valence electrons. The molecular formula is C15H10Br2F3NO2. The van der Waals surface area contributed by atoms with E-state index in [1.807, 2.05) is 0 Å². The van der Waals surface area contributed by atoms with Crippen molar-refractivity contribution in [3.8, 4) is 5.75 Å². The molecule has 0 bridgehead atoms. The number of benzene rings is 2. The highest BCUT2D eigenvalue weighted by atomic mass is 79.9. The zero-order valence-electron chi connectivity index (χ0n) is 11.5. The van der Waals surface area contributed by atoms with Crippen molar-refractivity contribution in [1.82, 2.24) is 0 Å². The summed E-state index contributed by atoms with van der Waals surface area (Å²) in [6.07, 6.45) is -4.45. The summed E-state index contributed by atoms with van der Waals surface area (Å²) in [7, 11) is 0. The third kappa shape index (κ3) is 5.24. The third-order valence-electron chi connectivity index (χ3n) is 2.74. The van der Waals surface area contributed by atoms with E-state index in [1.54, 1.807) is 18.2 Å². The molecule has 0 heterocycles. The van der Waals surface area contributed by atoms with Gasteiger partial charge in [0.1, 0.15) is 5.75 Å². The molecule has 8 heteroatoms. The van der Waals surface area contributed by atoms with Crippen LogP contribution in [0.1, 0.15) is 5.56 Å². The van der Waals surface area contributed by atoms with Crippen LogP contribution in [0.25, 0.3) is 0 Å². The number of hydrogen-bond donors (Lipinski definition) is 1. The van der Waals surface area contributed by atoms with E-state index in [1.165, 1.54) is 12.1 Å². The molecule has 0 aliphatic rings. The van der Waals surface area contributed by atoms with E-state index >= 15 is 0 Å². The highest BCUT2D eigenvalue weighted by molar-refractivity contribution is 9.11. The number of nitrogens with one attached hydrogen (secondary N) is 1. The number of amides is 1. The molecule has 0 spiro atoms. The second-order valence-corrected chi connectivity index (χ2v) is 6.26. The van der Waals surface area contributed by atoms with Gasteiger partial charge in [0, 0.05) is 8.95 Å². The first-order valence-corrected chi connectivity index (χ1v) is 7.89. The monoisotopic (exact) mass is 451 g/mol. The molecule has 0 aliphatic heterocycles. The number of rotatable bonds is 4. The van der Waals surface area contributed by atoms with Crippen molar-refractivity contribution in [2.75, 3.05) is 11.9 Å². The van der Waals surface area contributed by atoms with Gasteiger partial charge in [-0.25, -0.2) is 0 Å². The minimum absolute atomic E-state index is 0.0233. The van der Waals surface area contributed by atoms with Gasteiger partial charge >= 0.3 is 6.18 Å². The summed E-state index contributed by atoms with van der Waals surface area (Å²) in [5, 5.41) is 2.60. The van der Waals surface area contributed by atoms with Gasteiger partial charge in [0.2, 0.25) is 0 Å². The van der Waals surface area contributed by atoms with Crippen LogP contribution in [0.2, 0.25) is 0 Å². The molecule has 0 aromatic heterocycles. The van der Waals surface area contributed by atoms with Crippen molar-refractivity contribution in [3.63, 3.8) is 0 Å². The normalized spacial score (nSPS) is 11.2. The number of alkyl halides is 3. The first-order chi connectivity index (χ1) is 10.8. The minimum Gasteiger partial charge on any atom is -0.484 e. The molecule has 23 heavy (non-hydrogen) atoms. The van der Waals surface area contributed by atoms with Gasteiger partial charge in [0.25, 0.3) is 5.91 Å². The quantitative estimate of drug-likeness (QED) is 0.688. The fraction of sp³-hybridized carbons (Fsp3) is 0.133. The Morgan fingerprint density at radius 2 is 1.87 bits per heavy atom. The molecule has 0 saturated heterocycles. The fourth-order valence-electron chi connectivity index (χ4n) is 1.69. The summed E-state index contributed by atoms with van der Waals surface area (Å²) in [5.41, 5.74) is -0.295. The largest absolute Gasteiger partial charge is 0.484 e. The van der Waals surface area contributed by atoms with E-state index in [0.29, 0.717) is 10.2 Å². The lowest BCUT2D eigenvalue weighted by Crippen LogP contribution is -2.20. The predicted molar refractivity (Wildman–Crippen MR) is 87.4 cm³/mol. The molecule has 1 amide bonds. The van der Waals surface area contributed by atoms with Gasteiger partial charge < -0.3 is 10.1 Å². The van der Waals surface area contributed by atoms with Crippen LogP contribution >= 0.6 is 31.9 Å². The highest BCUT2D eigenvalue weighted by Gasteiger charge is 2.30. The first-order valence-electron chi connectivity index (χ1n) is 6.30. The average molecular weight is 453 g/mol. The SMILES string of the molecule is O=C(COc1cccc(C(F)(F)F)c1)Nc1ccc(Br)cc1Br. The topological polar surface area (TPSA) is 38.3 Å². The highest BCUT2D eigenvalue weighted by Crippen LogP contribution is 2.31. The summed E-state index contributed by atoms with van der Waals surface area (Å²) >= 11 is 6.58. The predicted octanol–water partition coefficient (Wildman–Crippen LogP) is 5.25. The Hall–Kier alpha value is -1.54. The van der Waals surface area contributed by atoms with Crippen LogP contribution in [0.5, 0.6) is 5.75 Å². The smallest absolute Gasteiger partial charge is 0.416 e. The van der Waals surface area contributed by atoms with Crippen LogP contribution in [0.3, 0.4) is 0 Å². The first kappa shape index (κ1) is 17.8. The zero-order chi connectivity index (χ0) is 17.0. The van der Waals surface area contributed by atoms with Gasteiger partial charge in [-0.15, -0.1) is 0 Å². The standard InChI is InChI=1S/C15H10Br2F3NO2/c16-10-4-5-13(12(17)7-10)21-14(22)8-23-11-3-1-2-9(6-11)15(18,19)20/h1-7H,8H2,(H,21,22). The van der Waals surface area contributed by atoms with Gasteiger partial charge in [-0.2, -0.15) is 13.2 Å². The Bertz CT molecular complexity index is 720. The van der Waals surface area contributed by atoms with Crippen molar-refractivity contribution < 1.29 is 22.7 Å². The molecule has 3 nitrogen and oxygen atoms in total. The third-order valence-corrected chi connectivity index (χ3v) is 3.89. The van der Waals surface area contributed by atoms with Crippen LogP contribution in [-0.2, 0) is 11.0 Å². The minimum atomic E-state index is -4.45. The van der Waals surface area contributed by atoms with E-state index in [4.69, 9.17) is 4.74 Å². The van der Waals surface area contributed by atoms with E-state index in [2.05, 4.69) is 37.2 Å². The molecule has 0 saturated carbocycles. The number of hydrogen-bond acceptors (Lipinski definition) is 2. The van der Waals surface area contributed by atoms with Crippen LogP contribution < -0.4 is 10.1 Å². The van der Waals surface area contributed by atoms with E-state index in [0.717, 1.165) is 16.6 Å². The van der Waals surface area contributed by atoms with Crippen molar-refractivity contribution in [3.05, 3.63) is 57.0 Å². The number of carbonyl (C=O) groups excluding carboxylic acids is 1. The van der Waals surface area contributed by atoms with Crippen LogP contribution in [0, 0.1) is 0 Å². The molecule has 2 aromatic carbocycles. The molecule has 2 rings (SSSR count). The lowest BCUT2D eigenvalue weighted by atomic mass is 10.2. The van der Waals surface area contributed by atoms with Gasteiger partial charge in [0.05, 0.1) is 11.3 Å². The molecule has 0 radical (unpaired) electrons. The summed E-state index contributed by atoms with van der Waals surface area (Å²) in [6.45, 7) is -0.399. The zero-order valence-corrected chi connectivity index (χ0v) is 14.6. The second-order valence-electron chi connectivity index (χ2n) is 4.49. The van der Waals surface area contributed by atoms with Crippen molar-refractivity contribution in [2.24, 2.45) is 0 Å². The van der Waals surface area contributed by atoms with E-state index in [-0.39, 0.29) is 5.75 Å². The Morgan fingerprint density at radius 3 is 2.52 bits per heavy atom. The number of ether oxygens (including phenoxy) is 1. The summed E-state index contributed by atoms with van der Waals surface area (Å²) in [4.78, 5) is 11.8. The molecule has 2 aromatic rings. The number of carbonyl (C=O) groups is 1. The second kappa shape index (κ2) is 7.35. The maximum Gasteiger partial charge on any atom is 0.416 e. The van der Waals surface area contributed by atoms with E-state index < -0.39 is 24.3 Å². The molecule has 1 N–H and O–H groups in total. The van der Waals surface area contributed by atoms with Gasteiger partial charge in [0.15, 0.2) is 6.61 Å². The Kier molecular flexibility index (Phi) is 5.69. The van der Waals surface area contributed by atoms with Crippen LogP contribution in [0.15, 0.2) is 51.4 Å². The lowest BCUT2D eigenvalue weighted by molar-refractivity contribution is -0.137. The van der Waals surface area contributed by atoms with Gasteiger partial charge in [-0.05, 0) is 52.3 Å². The number of anilines is 1. The van der Waals surface area contributed by atoms with Gasteiger partial charge in [-0.1, -0.05) is 22.0 Å². The Balaban J connectivity index is 1.97. The summed E-state index contributed by atoms with van der Waals surface area (Å²) < 4.78 is 44.4. The molecule has 0 aliphatic carbocycles. The fourth-order valence-corrected chi connectivity index (χ4v) is 2.83. The Morgan fingerprint density at radius 1 is 1.13 bits per heavy atom. The van der Waals surface area contributed by atoms with Crippen LogP contribution in [0.4, 0.5) is 18.9 Å². The Labute approximate surface area is 147 Å². The van der Waals surface area contributed by atoms with Crippen molar-refractivity contribution in [2.45, 2.75) is 6.18 Å². The molecule has 0 fully saturated rings. The molecular weight excluding hydrogens is 443 g/mol. The lowest BCUT2D eigenvalue weighted by Gasteiger charge is -2.11. The summed E-state index contributed by atoms with van der Waals surface area (Å²) in [5.74, 6) is -0.504. The maximum absolute atomic E-state index is 12.6. The van der Waals surface area contributed by atoms with Crippen molar-refractivity contribution in [1.29, 1.82) is 0 Å². The van der Waals surface area contributed by atoms with Crippen molar-refractivity contribution >= 4 is 43.5 Å². The van der Waals surface area contributed by atoms with E-state index in [9.17, 15) is 18.0 Å². The molecule has 0 unspecified atom stereocenters. The van der Waals surface area contributed by atoms with Crippen LogP contribution in [-0.4, -0.2) is 12.5 Å². The molecule has 0 atom stereocenters. The number of halogens is 5.